The molecule has 0 radical (unpaired) electrons. The summed E-state index contributed by atoms with van der Waals surface area (Å²) in [6, 6.07) is -0.503. The lowest BCUT2D eigenvalue weighted by Crippen LogP contribution is -2.54. The van der Waals surface area contributed by atoms with Gasteiger partial charge in [0.15, 0.2) is 0 Å². The van der Waals surface area contributed by atoms with E-state index in [1.54, 1.807) is 6.92 Å². The zero-order valence-electron chi connectivity index (χ0n) is 8.46. The Hall–Kier alpha value is -1.52. The molecule has 14 heavy (non-hydrogen) atoms. The summed E-state index contributed by atoms with van der Waals surface area (Å²) in [7, 11) is 0. The van der Waals surface area contributed by atoms with Gasteiger partial charge in [0.1, 0.15) is 5.54 Å². The van der Waals surface area contributed by atoms with Crippen LogP contribution in [0.25, 0.3) is 0 Å². The Balaban J connectivity index is 4.24. The second-order valence-electron chi connectivity index (χ2n) is 3.11. The minimum absolute atomic E-state index is 0.311. The smallest absolute Gasteiger partial charge is 0.329 e. The zero-order valence-corrected chi connectivity index (χ0v) is 8.46. The molecule has 0 rings (SSSR count). The maximum absolute atomic E-state index is 11.1. The van der Waals surface area contributed by atoms with Crippen molar-refractivity contribution in [3.63, 3.8) is 0 Å². The van der Waals surface area contributed by atoms with E-state index in [1.165, 1.54) is 13.0 Å². The van der Waals surface area contributed by atoms with Gasteiger partial charge in [-0.1, -0.05) is 13.0 Å². The van der Waals surface area contributed by atoms with Crippen LogP contribution < -0.4 is 10.6 Å². The molecule has 1 unspecified atom stereocenters. The largest absolute Gasteiger partial charge is 0.480 e. The van der Waals surface area contributed by atoms with Crippen LogP contribution in [-0.2, 0) is 4.79 Å². The number of carboxylic acids is 1. The van der Waals surface area contributed by atoms with Crippen molar-refractivity contribution in [1.29, 1.82) is 0 Å². The van der Waals surface area contributed by atoms with Gasteiger partial charge in [0.2, 0.25) is 0 Å². The molecule has 5 heteroatoms. The number of carbonyl (C=O) groups excluding carboxylic acids is 1. The first kappa shape index (κ1) is 12.5. The first-order chi connectivity index (χ1) is 6.46. The van der Waals surface area contributed by atoms with Crippen molar-refractivity contribution >= 4 is 12.0 Å². The quantitative estimate of drug-likeness (QED) is 0.572. The van der Waals surface area contributed by atoms with Crippen molar-refractivity contribution < 1.29 is 14.7 Å². The summed E-state index contributed by atoms with van der Waals surface area (Å²) in [5.41, 5.74) is -1.22. The van der Waals surface area contributed by atoms with Crippen LogP contribution in [0.3, 0.4) is 0 Å². The van der Waals surface area contributed by atoms with E-state index in [4.69, 9.17) is 5.11 Å². The minimum Gasteiger partial charge on any atom is -0.480 e. The molecule has 0 fully saturated rings. The van der Waals surface area contributed by atoms with Gasteiger partial charge < -0.3 is 15.7 Å². The Morgan fingerprint density at radius 1 is 1.57 bits per heavy atom. The maximum atomic E-state index is 11.1. The molecular weight excluding hydrogens is 184 g/mol. The van der Waals surface area contributed by atoms with E-state index in [0.717, 1.165) is 0 Å². The number of rotatable bonds is 5. The number of carbonyl (C=O) groups is 2. The van der Waals surface area contributed by atoms with Crippen LogP contribution in [0, 0.1) is 0 Å². The first-order valence-electron chi connectivity index (χ1n) is 4.36. The molecule has 0 aromatic carbocycles. The Labute approximate surface area is 83.2 Å². The minimum atomic E-state index is -1.22. The normalized spacial score (nSPS) is 13.9. The molecule has 0 aromatic rings. The maximum Gasteiger partial charge on any atom is 0.329 e. The van der Waals surface area contributed by atoms with Crippen LogP contribution in [0.5, 0.6) is 0 Å². The van der Waals surface area contributed by atoms with E-state index in [2.05, 4.69) is 17.2 Å². The molecule has 0 aromatic heterocycles. The van der Waals surface area contributed by atoms with Crippen molar-refractivity contribution in [3.8, 4) is 0 Å². The molecule has 0 spiro atoms. The number of amides is 2. The summed E-state index contributed by atoms with van der Waals surface area (Å²) < 4.78 is 0. The van der Waals surface area contributed by atoms with Crippen molar-refractivity contribution in [1.82, 2.24) is 10.6 Å². The van der Waals surface area contributed by atoms with E-state index >= 15 is 0 Å². The van der Waals surface area contributed by atoms with Crippen LogP contribution in [0.1, 0.15) is 20.3 Å². The molecule has 0 saturated carbocycles. The summed E-state index contributed by atoms with van der Waals surface area (Å²) in [5.74, 6) is -1.05. The molecule has 2 amide bonds. The van der Waals surface area contributed by atoms with Gasteiger partial charge in [-0.15, -0.1) is 6.58 Å². The number of nitrogens with one attached hydrogen (secondary N) is 2. The standard InChI is InChI=1S/C9H16N2O3/c1-4-6-10-8(14)11-9(3,5-2)7(12)13/h4H,1,5-6H2,2-3H3,(H,12,13)(H2,10,11,14). The molecule has 1 atom stereocenters. The third kappa shape index (κ3) is 3.47. The number of urea groups is 1. The molecule has 0 aliphatic heterocycles. The van der Waals surface area contributed by atoms with Crippen LogP contribution >= 0.6 is 0 Å². The Kier molecular flexibility index (Phi) is 4.69. The zero-order chi connectivity index (χ0) is 11.2. The molecule has 0 aliphatic rings. The number of hydrogen-bond acceptors (Lipinski definition) is 2. The third-order valence-electron chi connectivity index (χ3n) is 1.98. The molecule has 0 heterocycles. The lowest BCUT2D eigenvalue weighted by Gasteiger charge is -2.24. The molecule has 3 N–H and O–H groups in total. The summed E-state index contributed by atoms with van der Waals surface area (Å²) >= 11 is 0. The van der Waals surface area contributed by atoms with Gasteiger partial charge in [-0.2, -0.15) is 0 Å². The van der Waals surface area contributed by atoms with E-state index in [-0.39, 0.29) is 0 Å². The second-order valence-corrected chi connectivity index (χ2v) is 3.11. The fourth-order valence-corrected chi connectivity index (χ4v) is 0.753. The highest BCUT2D eigenvalue weighted by Gasteiger charge is 2.32. The molecular formula is C9H16N2O3. The number of hydrogen-bond donors (Lipinski definition) is 3. The van der Waals surface area contributed by atoms with Gasteiger partial charge in [0, 0.05) is 6.54 Å². The Morgan fingerprint density at radius 3 is 2.50 bits per heavy atom. The third-order valence-corrected chi connectivity index (χ3v) is 1.98. The van der Waals surface area contributed by atoms with E-state index in [0.29, 0.717) is 13.0 Å². The highest BCUT2D eigenvalue weighted by molar-refractivity contribution is 5.85. The van der Waals surface area contributed by atoms with E-state index in [9.17, 15) is 9.59 Å². The predicted molar refractivity (Wildman–Crippen MR) is 53.1 cm³/mol. The lowest BCUT2D eigenvalue weighted by atomic mass is 10.00. The molecule has 0 aliphatic carbocycles. The van der Waals surface area contributed by atoms with Gasteiger partial charge in [-0.25, -0.2) is 9.59 Å². The van der Waals surface area contributed by atoms with Gasteiger partial charge in [0.25, 0.3) is 0 Å². The number of carboxylic acid groups (broad SMARTS) is 1. The van der Waals surface area contributed by atoms with Crippen LogP contribution in [-0.4, -0.2) is 29.2 Å². The fourth-order valence-electron chi connectivity index (χ4n) is 0.753. The SMILES string of the molecule is C=CCNC(=O)NC(C)(CC)C(=O)O. The van der Waals surface area contributed by atoms with Crippen molar-refractivity contribution in [2.45, 2.75) is 25.8 Å². The Bertz CT molecular complexity index is 240. The van der Waals surface area contributed by atoms with Gasteiger partial charge >= 0.3 is 12.0 Å². The van der Waals surface area contributed by atoms with Gasteiger partial charge in [0.05, 0.1) is 0 Å². The summed E-state index contributed by atoms with van der Waals surface area (Å²) in [5, 5.41) is 13.7. The molecule has 80 valence electrons. The molecule has 0 saturated heterocycles. The van der Waals surface area contributed by atoms with Crippen molar-refractivity contribution in [2.75, 3.05) is 6.54 Å². The van der Waals surface area contributed by atoms with Gasteiger partial charge in [-0.05, 0) is 13.3 Å². The van der Waals surface area contributed by atoms with Crippen LogP contribution in [0.15, 0.2) is 12.7 Å². The van der Waals surface area contributed by atoms with Crippen LogP contribution in [0.4, 0.5) is 4.79 Å². The average molecular weight is 200 g/mol. The van der Waals surface area contributed by atoms with Crippen molar-refractivity contribution in [2.24, 2.45) is 0 Å². The monoisotopic (exact) mass is 200 g/mol. The summed E-state index contributed by atoms with van der Waals surface area (Å²) in [4.78, 5) is 21.9. The second kappa shape index (κ2) is 5.26. The molecule has 0 bridgehead atoms. The summed E-state index contributed by atoms with van der Waals surface area (Å²) in [6.45, 7) is 6.89. The number of aliphatic carboxylic acids is 1. The fraction of sp³-hybridized carbons (Fsp3) is 0.556. The highest BCUT2D eigenvalue weighted by Crippen LogP contribution is 2.08. The van der Waals surface area contributed by atoms with Crippen LogP contribution in [0.2, 0.25) is 0 Å². The first-order valence-corrected chi connectivity index (χ1v) is 4.36. The highest BCUT2D eigenvalue weighted by atomic mass is 16.4. The molecule has 5 nitrogen and oxygen atoms in total. The van der Waals surface area contributed by atoms with E-state index in [1.807, 2.05) is 0 Å². The average Bonchev–Trinajstić information content (AvgIpc) is 2.14. The lowest BCUT2D eigenvalue weighted by molar-refractivity contribution is -0.143. The van der Waals surface area contributed by atoms with Gasteiger partial charge in [-0.3, -0.25) is 0 Å². The van der Waals surface area contributed by atoms with E-state index < -0.39 is 17.5 Å². The van der Waals surface area contributed by atoms with Crippen molar-refractivity contribution in [3.05, 3.63) is 12.7 Å². The predicted octanol–water partition coefficient (Wildman–Crippen LogP) is 0.725. The Morgan fingerprint density at radius 2 is 2.14 bits per heavy atom. The summed E-state index contributed by atoms with van der Waals surface area (Å²) in [6.07, 6.45) is 1.84. The topological polar surface area (TPSA) is 78.4 Å².